The van der Waals surface area contributed by atoms with Gasteiger partial charge in [-0.1, -0.05) is 16.9 Å². The van der Waals surface area contributed by atoms with Crippen molar-refractivity contribution in [3.8, 4) is 0 Å². The first-order chi connectivity index (χ1) is 9.02. The number of amidine groups is 1. The molecule has 0 saturated carbocycles. The van der Waals surface area contributed by atoms with Gasteiger partial charge in [-0.2, -0.15) is 5.10 Å². The lowest BCUT2D eigenvalue weighted by Gasteiger charge is -2.05. The van der Waals surface area contributed by atoms with Gasteiger partial charge in [-0.3, -0.25) is 4.68 Å². The van der Waals surface area contributed by atoms with Gasteiger partial charge in [0, 0.05) is 11.9 Å². The highest BCUT2D eigenvalue weighted by Crippen LogP contribution is 2.31. The van der Waals surface area contributed by atoms with Gasteiger partial charge in [-0.25, -0.2) is 4.39 Å². The Hall–Kier alpha value is -2.02. The van der Waals surface area contributed by atoms with Crippen LogP contribution in [0.1, 0.15) is 11.3 Å². The Kier molecular flexibility index (Phi) is 3.75. The Morgan fingerprint density at radius 1 is 1.42 bits per heavy atom. The first kappa shape index (κ1) is 13.4. The van der Waals surface area contributed by atoms with E-state index in [0.717, 1.165) is 9.92 Å². The molecule has 1 heterocycles. The number of aryl methyl sites for hydroxylation is 2. The number of nitrogens with zero attached hydrogens (tertiary/aromatic N) is 3. The third-order valence-corrected chi connectivity index (χ3v) is 3.73. The Labute approximate surface area is 113 Å². The van der Waals surface area contributed by atoms with Crippen molar-refractivity contribution in [2.24, 2.45) is 17.9 Å². The topological polar surface area (TPSA) is 76.4 Å². The molecule has 0 spiro atoms. The van der Waals surface area contributed by atoms with E-state index in [1.807, 2.05) is 0 Å². The summed E-state index contributed by atoms with van der Waals surface area (Å²) in [6, 6.07) is 6.10. The second-order valence-electron chi connectivity index (χ2n) is 3.93. The molecule has 0 unspecified atom stereocenters. The lowest BCUT2D eigenvalue weighted by Crippen LogP contribution is -2.14. The van der Waals surface area contributed by atoms with Crippen LogP contribution in [0, 0.1) is 12.7 Å². The van der Waals surface area contributed by atoms with Gasteiger partial charge in [-0.15, -0.1) is 0 Å². The Morgan fingerprint density at radius 2 is 2.05 bits per heavy atom. The summed E-state index contributed by atoms with van der Waals surface area (Å²) in [6.45, 7) is 1.78. The van der Waals surface area contributed by atoms with E-state index in [-0.39, 0.29) is 11.7 Å². The highest BCUT2D eigenvalue weighted by molar-refractivity contribution is 7.99. The summed E-state index contributed by atoms with van der Waals surface area (Å²) in [5, 5.41) is 16.8. The number of hydrogen-bond acceptors (Lipinski definition) is 4. The predicted molar refractivity (Wildman–Crippen MR) is 71.0 cm³/mol. The molecule has 19 heavy (non-hydrogen) atoms. The zero-order valence-corrected chi connectivity index (χ0v) is 11.3. The first-order valence-corrected chi connectivity index (χ1v) is 6.29. The molecule has 0 aliphatic heterocycles. The maximum absolute atomic E-state index is 12.9. The van der Waals surface area contributed by atoms with Crippen molar-refractivity contribution in [2.45, 2.75) is 16.8 Å². The third-order valence-electron chi connectivity index (χ3n) is 2.56. The summed E-state index contributed by atoms with van der Waals surface area (Å²) in [6.07, 6.45) is 0. The first-order valence-electron chi connectivity index (χ1n) is 5.48. The standard InChI is InChI=1S/C12H13FN4OS/c1-7-10(11(14)16-18)12(17(2)15-7)19-9-5-3-8(13)4-6-9/h3-6,18H,1-2H3,(H2,14,16). The smallest absolute Gasteiger partial charge is 0.174 e. The van der Waals surface area contributed by atoms with Gasteiger partial charge in [0.2, 0.25) is 0 Å². The molecule has 2 aromatic rings. The monoisotopic (exact) mass is 280 g/mol. The SMILES string of the molecule is Cc1nn(C)c(Sc2ccc(F)cc2)c1C(N)=NO. The van der Waals surface area contributed by atoms with Crippen molar-refractivity contribution < 1.29 is 9.60 Å². The largest absolute Gasteiger partial charge is 0.409 e. The van der Waals surface area contributed by atoms with Crippen molar-refractivity contribution in [1.29, 1.82) is 0 Å². The molecule has 2 rings (SSSR count). The van der Waals surface area contributed by atoms with E-state index in [0.29, 0.717) is 11.3 Å². The van der Waals surface area contributed by atoms with Crippen molar-refractivity contribution >= 4 is 17.6 Å². The molecule has 0 aliphatic rings. The number of benzene rings is 1. The highest BCUT2D eigenvalue weighted by atomic mass is 32.2. The molecule has 0 fully saturated rings. The lowest BCUT2D eigenvalue weighted by atomic mass is 10.2. The van der Waals surface area contributed by atoms with Crippen LogP contribution < -0.4 is 5.73 Å². The van der Waals surface area contributed by atoms with Crippen LogP contribution in [0.5, 0.6) is 0 Å². The van der Waals surface area contributed by atoms with Gasteiger partial charge in [0.25, 0.3) is 0 Å². The minimum absolute atomic E-state index is 0.00946. The normalized spacial score (nSPS) is 11.8. The Morgan fingerprint density at radius 3 is 2.63 bits per heavy atom. The fraction of sp³-hybridized carbons (Fsp3) is 0.167. The Bertz CT molecular complexity index is 621. The van der Waals surface area contributed by atoms with Gasteiger partial charge >= 0.3 is 0 Å². The molecule has 0 radical (unpaired) electrons. The van der Waals surface area contributed by atoms with E-state index < -0.39 is 0 Å². The summed E-state index contributed by atoms with van der Waals surface area (Å²) in [5.41, 5.74) is 6.91. The zero-order chi connectivity index (χ0) is 14.0. The van der Waals surface area contributed by atoms with E-state index in [9.17, 15) is 4.39 Å². The quantitative estimate of drug-likeness (QED) is 0.391. The molecule has 0 aliphatic carbocycles. The predicted octanol–water partition coefficient (Wildman–Crippen LogP) is 2.11. The Balaban J connectivity index is 2.42. The van der Waals surface area contributed by atoms with E-state index in [1.54, 1.807) is 30.8 Å². The van der Waals surface area contributed by atoms with E-state index in [1.165, 1.54) is 23.9 Å². The number of nitrogens with two attached hydrogens (primary N) is 1. The van der Waals surface area contributed by atoms with Crippen LogP contribution in [-0.2, 0) is 7.05 Å². The minimum Gasteiger partial charge on any atom is -0.409 e. The maximum Gasteiger partial charge on any atom is 0.174 e. The van der Waals surface area contributed by atoms with Crippen molar-refractivity contribution in [2.75, 3.05) is 0 Å². The number of oxime groups is 1. The van der Waals surface area contributed by atoms with Gasteiger partial charge in [-0.05, 0) is 31.2 Å². The molecule has 5 nitrogen and oxygen atoms in total. The van der Waals surface area contributed by atoms with E-state index >= 15 is 0 Å². The zero-order valence-electron chi connectivity index (χ0n) is 10.5. The molecule has 0 saturated heterocycles. The average molecular weight is 280 g/mol. The molecular weight excluding hydrogens is 267 g/mol. The summed E-state index contributed by atoms with van der Waals surface area (Å²) in [4.78, 5) is 0.844. The van der Waals surface area contributed by atoms with Gasteiger partial charge in [0.1, 0.15) is 10.8 Å². The summed E-state index contributed by atoms with van der Waals surface area (Å²) >= 11 is 1.38. The number of halogens is 1. The van der Waals surface area contributed by atoms with Crippen LogP contribution in [0.15, 0.2) is 39.3 Å². The molecule has 1 aromatic carbocycles. The summed E-state index contributed by atoms with van der Waals surface area (Å²) < 4.78 is 14.5. The molecule has 0 bridgehead atoms. The molecule has 0 amide bonds. The van der Waals surface area contributed by atoms with Gasteiger partial charge < -0.3 is 10.9 Å². The van der Waals surface area contributed by atoms with Crippen LogP contribution in [0.25, 0.3) is 0 Å². The number of rotatable bonds is 3. The number of aromatic nitrogens is 2. The molecule has 3 N–H and O–H groups in total. The van der Waals surface area contributed by atoms with Crippen molar-refractivity contribution in [3.05, 3.63) is 41.3 Å². The van der Waals surface area contributed by atoms with Crippen LogP contribution in [0.3, 0.4) is 0 Å². The molecule has 1 aromatic heterocycles. The maximum atomic E-state index is 12.9. The van der Waals surface area contributed by atoms with E-state index in [2.05, 4.69) is 10.3 Å². The average Bonchev–Trinajstić information content (AvgIpc) is 2.66. The fourth-order valence-corrected chi connectivity index (χ4v) is 2.74. The second kappa shape index (κ2) is 5.31. The van der Waals surface area contributed by atoms with Crippen molar-refractivity contribution in [3.63, 3.8) is 0 Å². The summed E-state index contributed by atoms with van der Waals surface area (Å²) in [5.74, 6) is -0.280. The van der Waals surface area contributed by atoms with Crippen molar-refractivity contribution in [1.82, 2.24) is 9.78 Å². The fourth-order valence-electron chi connectivity index (χ4n) is 1.71. The highest BCUT2D eigenvalue weighted by Gasteiger charge is 2.18. The minimum atomic E-state index is -0.290. The molecule has 100 valence electrons. The lowest BCUT2D eigenvalue weighted by molar-refractivity contribution is 0.318. The summed E-state index contributed by atoms with van der Waals surface area (Å²) in [7, 11) is 1.77. The van der Waals surface area contributed by atoms with Crippen LogP contribution in [0.4, 0.5) is 4.39 Å². The van der Waals surface area contributed by atoms with Crippen LogP contribution in [-0.4, -0.2) is 20.8 Å². The molecule has 0 atom stereocenters. The third kappa shape index (κ3) is 2.70. The molecule has 7 heteroatoms. The van der Waals surface area contributed by atoms with Gasteiger partial charge in [0.05, 0.1) is 11.3 Å². The molecular formula is C12H13FN4OS. The number of hydrogen-bond donors (Lipinski definition) is 2. The van der Waals surface area contributed by atoms with Gasteiger partial charge in [0.15, 0.2) is 5.84 Å². The van der Waals surface area contributed by atoms with Crippen LogP contribution in [0.2, 0.25) is 0 Å². The second-order valence-corrected chi connectivity index (χ2v) is 4.99. The van der Waals surface area contributed by atoms with E-state index in [4.69, 9.17) is 10.9 Å². The van der Waals surface area contributed by atoms with Crippen LogP contribution >= 0.6 is 11.8 Å².